The van der Waals surface area contributed by atoms with Crippen molar-refractivity contribution in [3.63, 3.8) is 0 Å². The quantitative estimate of drug-likeness (QED) is 0.724. The third kappa shape index (κ3) is 1.84. The number of rotatable bonds is 2. The summed E-state index contributed by atoms with van der Waals surface area (Å²) in [5.74, 6) is -0.416. The molecule has 1 rings (SSSR count). The number of aryl methyl sites for hydroxylation is 1. The van der Waals surface area contributed by atoms with Gasteiger partial charge in [-0.1, -0.05) is 0 Å². The predicted octanol–water partition coefficient (Wildman–Crippen LogP) is 1.46. The van der Waals surface area contributed by atoms with E-state index in [4.69, 9.17) is 10.5 Å². The summed E-state index contributed by atoms with van der Waals surface area (Å²) in [4.78, 5) is 15.4. The maximum atomic E-state index is 11.4. The van der Waals surface area contributed by atoms with E-state index in [1.807, 2.05) is 13.8 Å². The number of nitrogens with zero attached hydrogens (tertiary/aromatic N) is 1. The first-order chi connectivity index (χ1) is 6.57. The van der Waals surface area contributed by atoms with Gasteiger partial charge in [-0.25, -0.2) is 4.79 Å². The highest BCUT2D eigenvalue weighted by Crippen LogP contribution is 2.18. The molecule has 4 nitrogen and oxygen atoms in total. The fourth-order valence-electron chi connectivity index (χ4n) is 1.10. The number of ether oxygens (including phenoxy) is 1. The molecular weight excluding hydrogens is 180 g/mol. The van der Waals surface area contributed by atoms with Gasteiger partial charge in [0.1, 0.15) is 5.56 Å². The fraction of sp³-hybridized carbons (Fsp3) is 0.400. The summed E-state index contributed by atoms with van der Waals surface area (Å²) in [7, 11) is 0. The first-order valence-electron chi connectivity index (χ1n) is 4.46. The van der Waals surface area contributed by atoms with Crippen molar-refractivity contribution in [2.45, 2.75) is 20.8 Å². The van der Waals surface area contributed by atoms with Crippen LogP contribution >= 0.6 is 0 Å². The second-order valence-electron chi connectivity index (χ2n) is 3.02. The maximum Gasteiger partial charge on any atom is 0.341 e. The molecule has 0 bridgehead atoms. The Morgan fingerprint density at radius 3 is 2.79 bits per heavy atom. The van der Waals surface area contributed by atoms with E-state index < -0.39 is 5.97 Å². The first kappa shape index (κ1) is 10.5. The van der Waals surface area contributed by atoms with Crippen molar-refractivity contribution >= 4 is 11.7 Å². The highest BCUT2D eigenvalue weighted by molar-refractivity contribution is 5.95. The zero-order valence-electron chi connectivity index (χ0n) is 8.63. The van der Waals surface area contributed by atoms with Gasteiger partial charge in [-0.15, -0.1) is 0 Å². The maximum absolute atomic E-state index is 11.4. The smallest absolute Gasteiger partial charge is 0.341 e. The van der Waals surface area contributed by atoms with Crippen molar-refractivity contribution in [2.24, 2.45) is 0 Å². The van der Waals surface area contributed by atoms with Gasteiger partial charge in [-0.05, 0) is 26.3 Å². The van der Waals surface area contributed by atoms with Crippen molar-refractivity contribution in [1.82, 2.24) is 4.98 Å². The second kappa shape index (κ2) is 4.09. The molecule has 0 atom stereocenters. The van der Waals surface area contributed by atoms with Gasteiger partial charge in [-0.3, -0.25) is 4.98 Å². The molecule has 0 radical (unpaired) electrons. The van der Waals surface area contributed by atoms with Gasteiger partial charge in [0.15, 0.2) is 0 Å². The summed E-state index contributed by atoms with van der Waals surface area (Å²) >= 11 is 0. The molecule has 1 aromatic rings. The Kier molecular flexibility index (Phi) is 3.06. The molecule has 0 aliphatic heterocycles. The van der Waals surface area contributed by atoms with Crippen molar-refractivity contribution in [1.29, 1.82) is 0 Å². The Morgan fingerprint density at radius 1 is 1.57 bits per heavy atom. The second-order valence-corrected chi connectivity index (χ2v) is 3.02. The number of esters is 1. The topological polar surface area (TPSA) is 65.2 Å². The van der Waals surface area contributed by atoms with Crippen LogP contribution in [0.5, 0.6) is 0 Å². The Bertz CT molecular complexity index is 361. The number of hydrogen-bond donors (Lipinski definition) is 1. The van der Waals surface area contributed by atoms with Crippen LogP contribution in [0.1, 0.15) is 28.5 Å². The van der Waals surface area contributed by atoms with Crippen LogP contribution in [0.25, 0.3) is 0 Å². The Labute approximate surface area is 83.1 Å². The minimum atomic E-state index is -0.416. The molecule has 14 heavy (non-hydrogen) atoms. The molecule has 4 heteroatoms. The number of nitrogen functional groups attached to an aromatic ring is 1. The van der Waals surface area contributed by atoms with Crippen molar-refractivity contribution in [3.05, 3.63) is 23.0 Å². The van der Waals surface area contributed by atoms with E-state index in [1.165, 1.54) is 6.20 Å². The summed E-state index contributed by atoms with van der Waals surface area (Å²) in [5.41, 5.74) is 8.23. The minimum absolute atomic E-state index is 0.338. The molecule has 0 aliphatic carbocycles. The molecule has 2 N–H and O–H groups in total. The molecule has 0 spiro atoms. The molecule has 0 saturated carbocycles. The number of carbonyl (C=O) groups is 1. The average molecular weight is 194 g/mol. The molecule has 0 saturated heterocycles. The molecule has 76 valence electrons. The molecule has 0 unspecified atom stereocenters. The lowest BCUT2D eigenvalue weighted by atomic mass is 10.1. The third-order valence-electron chi connectivity index (χ3n) is 2.12. The molecule has 1 aromatic heterocycles. The van der Waals surface area contributed by atoms with Gasteiger partial charge >= 0.3 is 5.97 Å². The van der Waals surface area contributed by atoms with Crippen LogP contribution in [-0.4, -0.2) is 17.6 Å². The lowest BCUT2D eigenvalue weighted by molar-refractivity contribution is 0.0527. The van der Waals surface area contributed by atoms with Crippen LogP contribution in [0.3, 0.4) is 0 Å². The van der Waals surface area contributed by atoms with Gasteiger partial charge in [0.25, 0.3) is 0 Å². The standard InChI is InChI=1S/C10H14N2O2/c1-4-14-10(13)8-5-12-7(3)6(2)9(8)11/h5H,4H2,1-3H3,(H2,11,12). The zero-order chi connectivity index (χ0) is 10.7. The summed E-state index contributed by atoms with van der Waals surface area (Å²) in [6.07, 6.45) is 1.45. The van der Waals surface area contributed by atoms with Crippen molar-refractivity contribution in [3.8, 4) is 0 Å². The van der Waals surface area contributed by atoms with Crippen LogP contribution in [0, 0.1) is 13.8 Å². The predicted molar refractivity (Wildman–Crippen MR) is 54.1 cm³/mol. The van der Waals surface area contributed by atoms with Gasteiger partial charge in [-0.2, -0.15) is 0 Å². The zero-order valence-corrected chi connectivity index (χ0v) is 8.63. The molecule has 0 aliphatic rings. The van der Waals surface area contributed by atoms with Crippen LogP contribution in [0.2, 0.25) is 0 Å². The van der Waals surface area contributed by atoms with Gasteiger partial charge < -0.3 is 10.5 Å². The molecule has 0 aromatic carbocycles. The lowest BCUT2D eigenvalue weighted by Crippen LogP contribution is -2.10. The number of carbonyl (C=O) groups excluding carboxylic acids is 1. The third-order valence-corrected chi connectivity index (χ3v) is 2.12. The molecular formula is C10H14N2O2. The van der Waals surface area contributed by atoms with E-state index >= 15 is 0 Å². The summed E-state index contributed by atoms with van der Waals surface area (Å²) in [6, 6.07) is 0. The van der Waals surface area contributed by atoms with Crippen LogP contribution < -0.4 is 5.73 Å². The van der Waals surface area contributed by atoms with Crippen LogP contribution in [0.15, 0.2) is 6.20 Å². The van der Waals surface area contributed by atoms with E-state index in [-0.39, 0.29) is 0 Å². The lowest BCUT2D eigenvalue weighted by Gasteiger charge is -2.08. The van der Waals surface area contributed by atoms with Crippen LogP contribution in [-0.2, 0) is 4.74 Å². The largest absolute Gasteiger partial charge is 0.462 e. The number of nitrogens with two attached hydrogens (primary N) is 1. The van der Waals surface area contributed by atoms with Crippen molar-refractivity contribution < 1.29 is 9.53 Å². The molecule has 1 heterocycles. The van der Waals surface area contributed by atoms with E-state index in [9.17, 15) is 4.79 Å². The summed E-state index contributed by atoms with van der Waals surface area (Å²) in [5, 5.41) is 0. The first-order valence-corrected chi connectivity index (χ1v) is 4.46. The fourth-order valence-corrected chi connectivity index (χ4v) is 1.10. The van der Waals surface area contributed by atoms with Gasteiger partial charge in [0, 0.05) is 11.9 Å². The average Bonchev–Trinajstić information content (AvgIpc) is 2.15. The van der Waals surface area contributed by atoms with Gasteiger partial charge in [0.2, 0.25) is 0 Å². The number of aromatic nitrogens is 1. The molecule has 0 amide bonds. The molecule has 0 fully saturated rings. The van der Waals surface area contributed by atoms with Crippen LogP contribution in [0.4, 0.5) is 5.69 Å². The Hall–Kier alpha value is -1.58. The van der Waals surface area contributed by atoms with E-state index in [2.05, 4.69) is 4.98 Å². The number of anilines is 1. The summed E-state index contributed by atoms with van der Waals surface area (Å²) in [6.45, 7) is 5.77. The van der Waals surface area contributed by atoms with Crippen molar-refractivity contribution in [2.75, 3.05) is 12.3 Å². The van der Waals surface area contributed by atoms with Gasteiger partial charge in [0.05, 0.1) is 12.3 Å². The van der Waals surface area contributed by atoms with E-state index in [1.54, 1.807) is 6.92 Å². The highest BCUT2D eigenvalue weighted by atomic mass is 16.5. The minimum Gasteiger partial charge on any atom is -0.462 e. The van der Waals surface area contributed by atoms with E-state index in [0.717, 1.165) is 11.3 Å². The number of pyridine rings is 1. The Morgan fingerprint density at radius 2 is 2.21 bits per heavy atom. The summed E-state index contributed by atoms with van der Waals surface area (Å²) < 4.78 is 4.84. The monoisotopic (exact) mass is 194 g/mol. The number of hydrogen-bond acceptors (Lipinski definition) is 4. The normalized spacial score (nSPS) is 9.93. The van der Waals surface area contributed by atoms with E-state index in [0.29, 0.717) is 17.9 Å². The Balaban J connectivity index is 3.11. The highest BCUT2D eigenvalue weighted by Gasteiger charge is 2.13. The SMILES string of the molecule is CCOC(=O)c1cnc(C)c(C)c1N.